The number of carbonyl (C=O) groups is 2. The van der Waals surface area contributed by atoms with Crippen molar-refractivity contribution in [1.29, 1.82) is 5.26 Å². The topological polar surface area (TPSA) is 82.0 Å². The van der Waals surface area contributed by atoms with Gasteiger partial charge in [0.05, 0.1) is 6.07 Å². The maximum absolute atomic E-state index is 12.5. The quantitative estimate of drug-likeness (QED) is 0.754. The molecular weight excluding hydrogens is 326 g/mol. The summed E-state index contributed by atoms with van der Waals surface area (Å²) in [6.45, 7) is 3.88. The number of nitriles is 1. The summed E-state index contributed by atoms with van der Waals surface area (Å²) in [6.07, 6.45) is 0.505. The molecular formula is C21H23N3O2. The fraction of sp³-hybridized carbons (Fsp3) is 0.286. The summed E-state index contributed by atoms with van der Waals surface area (Å²) in [4.78, 5) is 24.7. The van der Waals surface area contributed by atoms with Crippen LogP contribution in [-0.2, 0) is 4.79 Å². The van der Waals surface area contributed by atoms with Gasteiger partial charge >= 0.3 is 0 Å². The molecule has 5 nitrogen and oxygen atoms in total. The zero-order chi connectivity index (χ0) is 18.9. The van der Waals surface area contributed by atoms with Crippen molar-refractivity contribution >= 4 is 11.8 Å². The molecule has 0 aliphatic rings. The number of nitrogens with one attached hydrogen (secondary N) is 2. The van der Waals surface area contributed by atoms with Gasteiger partial charge in [-0.1, -0.05) is 56.3 Å². The third-order valence-electron chi connectivity index (χ3n) is 3.92. The molecule has 0 saturated heterocycles. The van der Waals surface area contributed by atoms with Crippen molar-refractivity contribution in [3.05, 3.63) is 60.2 Å². The Morgan fingerprint density at radius 1 is 1.00 bits per heavy atom. The number of amides is 2. The number of rotatable bonds is 7. The van der Waals surface area contributed by atoms with Gasteiger partial charge in [-0.2, -0.15) is 5.26 Å². The summed E-state index contributed by atoms with van der Waals surface area (Å²) < 4.78 is 0. The van der Waals surface area contributed by atoms with E-state index in [-0.39, 0.29) is 24.3 Å². The molecule has 0 fully saturated rings. The molecule has 1 atom stereocenters. The van der Waals surface area contributed by atoms with Crippen molar-refractivity contribution in [2.75, 3.05) is 6.54 Å². The molecule has 2 rings (SSSR count). The molecule has 0 radical (unpaired) electrons. The van der Waals surface area contributed by atoms with Crippen molar-refractivity contribution in [3.63, 3.8) is 0 Å². The van der Waals surface area contributed by atoms with Gasteiger partial charge in [0.1, 0.15) is 12.6 Å². The van der Waals surface area contributed by atoms with Gasteiger partial charge in [-0.3, -0.25) is 9.59 Å². The first kappa shape index (κ1) is 19.2. The second-order valence-corrected chi connectivity index (χ2v) is 6.47. The summed E-state index contributed by atoms with van der Waals surface area (Å²) in [5, 5.41) is 13.9. The SMILES string of the molecule is CC(C)C[C@H](NC(=O)c1ccc(-c2ccccc2)cc1)C(=O)NCC#N. The molecule has 0 unspecified atom stereocenters. The van der Waals surface area contributed by atoms with Crippen LogP contribution in [0.3, 0.4) is 0 Å². The first-order chi connectivity index (χ1) is 12.5. The van der Waals surface area contributed by atoms with Gasteiger partial charge in [0, 0.05) is 5.56 Å². The molecule has 26 heavy (non-hydrogen) atoms. The Kier molecular flexibility index (Phi) is 6.92. The third-order valence-corrected chi connectivity index (χ3v) is 3.92. The van der Waals surface area contributed by atoms with Crippen LogP contribution < -0.4 is 10.6 Å². The monoisotopic (exact) mass is 349 g/mol. The molecule has 2 N–H and O–H groups in total. The van der Waals surface area contributed by atoms with Crippen LogP contribution in [0.15, 0.2) is 54.6 Å². The third kappa shape index (κ3) is 5.45. The van der Waals surface area contributed by atoms with Gasteiger partial charge < -0.3 is 10.6 Å². The van der Waals surface area contributed by atoms with Gasteiger partial charge in [0.2, 0.25) is 5.91 Å². The van der Waals surface area contributed by atoms with Gasteiger partial charge in [0.25, 0.3) is 5.91 Å². The lowest BCUT2D eigenvalue weighted by atomic mass is 10.0. The van der Waals surface area contributed by atoms with Crippen molar-refractivity contribution < 1.29 is 9.59 Å². The molecule has 2 amide bonds. The second-order valence-electron chi connectivity index (χ2n) is 6.47. The van der Waals surface area contributed by atoms with Crippen LogP contribution in [0.2, 0.25) is 0 Å². The van der Waals surface area contributed by atoms with E-state index in [1.807, 2.05) is 62.4 Å². The van der Waals surface area contributed by atoms with Crippen LogP contribution in [-0.4, -0.2) is 24.4 Å². The Bertz CT molecular complexity index is 777. The molecule has 0 bridgehead atoms. The van der Waals surface area contributed by atoms with Gasteiger partial charge in [-0.25, -0.2) is 0 Å². The van der Waals surface area contributed by atoms with Gasteiger partial charge in [-0.15, -0.1) is 0 Å². The number of hydrogen-bond acceptors (Lipinski definition) is 3. The van der Waals surface area contributed by atoms with E-state index >= 15 is 0 Å². The van der Waals surface area contributed by atoms with Crippen LogP contribution in [0.5, 0.6) is 0 Å². The average Bonchev–Trinajstić information content (AvgIpc) is 2.66. The summed E-state index contributed by atoms with van der Waals surface area (Å²) >= 11 is 0. The lowest BCUT2D eigenvalue weighted by Gasteiger charge is -2.19. The highest BCUT2D eigenvalue weighted by atomic mass is 16.2. The molecule has 2 aromatic rings. The Labute approximate surface area is 154 Å². The van der Waals surface area contributed by atoms with Gasteiger partial charge in [-0.05, 0) is 35.6 Å². The van der Waals surface area contributed by atoms with E-state index in [1.54, 1.807) is 12.1 Å². The summed E-state index contributed by atoms with van der Waals surface area (Å²) in [6, 6.07) is 18.4. The highest BCUT2D eigenvalue weighted by Crippen LogP contribution is 2.19. The standard InChI is InChI=1S/C21H23N3O2/c1-15(2)14-19(21(26)23-13-12-22)24-20(25)18-10-8-17(9-11-18)16-6-4-3-5-7-16/h3-11,15,19H,13-14H2,1-2H3,(H,23,26)(H,24,25)/t19-/m0/s1. The highest BCUT2D eigenvalue weighted by molar-refractivity contribution is 5.97. The van der Waals surface area contributed by atoms with E-state index < -0.39 is 6.04 Å². The number of carbonyl (C=O) groups excluding carboxylic acids is 2. The van der Waals surface area contributed by atoms with E-state index in [0.29, 0.717) is 12.0 Å². The molecule has 2 aromatic carbocycles. The van der Waals surface area contributed by atoms with Crippen LogP contribution in [0.1, 0.15) is 30.6 Å². The van der Waals surface area contributed by atoms with Crippen molar-refractivity contribution in [2.24, 2.45) is 5.92 Å². The Morgan fingerprint density at radius 3 is 2.19 bits per heavy atom. The van der Waals surface area contributed by atoms with Gasteiger partial charge in [0.15, 0.2) is 0 Å². The van der Waals surface area contributed by atoms with Crippen LogP contribution in [0.25, 0.3) is 11.1 Å². The first-order valence-electron chi connectivity index (χ1n) is 8.62. The van der Waals surface area contributed by atoms with E-state index in [4.69, 9.17) is 5.26 Å². The minimum Gasteiger partial charge on any atom is -0.341 e. The fourth-order valence-electron chi connectivity index (χ4n) is 2.64. The molecule has 0 aromatic heterocycles. The predicted molar refractivity (Wildman–Crippen MR) is 101 cm³/mol. The number of hydrogen-bond donors (Lipinski definition) is 2. The summed E-state index contributed by atoms with van der Waals surface area (Å²) in [7, 11) is 0. The molecule has 0 saturated carbocycles. The smallest absolute Gasteiger partial charge is 0.251 e. The molecule has 0 spiro atoms. The average molecular weight is 349 g/mol. The Hall–Kier alpha value is -3.13. The first-order valence-corrected chi connectivity index (χ1v) is 8.62. The summed E-state index contributed by atoms with van der Waals surface area (Å²) in [5.74, 6) is -0.412. The largest absolute Gasteiger partial charge is 0.341 e. The van der Waals surface area contributed by atoms with E-state index in [1.165, 1.54) is 0 Å². The van der Waals surface area contributed by atoms with E-state index in [9.17, 15) is 9.59 Å². The zero-order valence-electron chi connectivity index (χ0n) is 15.0. The fourth-order valence-corrected chi connectivity index (χ4v) is 2.64. The van der Waals surface area contributed by atoms with Crippen molar-refractivity contribution in [3.8, 4) is 17.2 Å². The van der Waals surface area contributed by atoms with E-state index in [2.05, 4.69) is 10.6 Å². The van der Waals surface area contributed by atoms with Crippen LogP contribution in [0.4, 0.5) is 0 Å². The molecule has 5 heteroatoms. The minimum atomic E-state index is -0.662. The lowest BCUT2D eigenvalue weighted by Crippen LogP contribution is -2.47. The van der Waals surface area contributed by atoms with Crippen molar-refractivity contribution in [1.82, 2.24) is 10.6 Å². The molecule has 134 valence electrons. The maximum atomic E-state index is 12.5. The minimum absolute atomic E-state index is 0.0743. The predicted octanol–water partition coefficient (Wildman–Crippen LogP) is 3.14. The second kappa shape index (κ2) is 9.38. The molecule has 0 heterocycles. The highest BCUT2D eigenvalue weighted by Gasteiger charge is 2.22. The molecule has 0 aliphatic carbocycles. The normalized spacial score (nSPS) is 11.5. The van der Waals surface area contributed by atoms with E-state index in [0.717, 1.165) is 11.1 Å². The number of benzene rings is 2. The molecule has 0 aliphatic heterocycles. The summed E-state index contributed by atoms with van der Waals surface area (Å²) in [5.41, 5.74) is 2.59. The lowest BCUT2D eigenvalue weighted by molar-refractivity contribution is -0.123. The van der Waals surface area contributed by atoms with Crippen LogP contribution in [0, 0.1) is 17.2 Å². The number of nitrogens with zero attached hydrogens (tertiary/aromatic N) is 1. The maximum Gasteiger partial charge on any atom is 0.251 e. The Morgan fingerprint density at radius 2 is 1.62 bits per heavy atom. The van der Waals surface area contributed by atoms with Crippen LogP contribution >= 0.6 is 0 Å². The van der Waals surface area contributed by atoms with Crippen molar-refractivity contribution in [2.45, 2.75) is 26.3 Å². The Balaban J connectivity index is 2.08. The zero-order valence-corrected chi connectivity index (χ0v) is 15.0.